The summed E-state index contributed by atoms with van der Waals surface area (Å²) in [6, 6.07) is 7.74. The average Bonchev–Trinajstić information content (AvgIpc) is 2.92. The van der Waals surface area contributed by atoms with Crippen molar-refractivity contribution in [2.24, 2.45) is 7.05 Å². The minimum atomic E-state index is -0.977. The Bertz CT molecular complexity index is 740. The molecule has 0 radical (unpaired) electrons. The van der Waals surface area contributed by atoms with Crippen LogP contribution in [0, 0.1) is 0 Å². The third kappa shape index (κ3) is 1.41. The van der Waals surface area contributed by atoms with Crippen LogP contribution in [-0.4, -0.2) is 25.6 Å². The number of aromatic amines is 1. The minimum Gasteiger partial charge on any atom is -0.477 e. The Morgan fingerprint density at radius 2 is 2.17 bits per heavy atom. The number of carboxylic acid groups (broad SMARTS) is 1. The monoisotopic (exact) mass is 241 g/mol. The number of hydrogen-bond donors (Lipinski definition) is 2. The maximum Gasteiger partial charge on any atom is 0.354 e. The number of fused-ring (bicyclic) bond motifs is 1. The zero-order valence-corrected chi connectivity index (χ0v) is 9.71. The maximum atomic E-state index is 11.3. The molecule has 0 aliphatic heterocycles. The average molecular weight is 241 g/mol. The summed E-state index contributed by atoms with van der Waals surface area (Å²) in [4.78, 5) is 18.6. The van der Waals surface area contributed by atoms with Gasteiger partial charge >= 0.3 is 5.97 Å². The van der Waals surface area contributed by atoms with Crippen LogP contribution < -0.4 is 0 Å². The molecule has 0 aliphatic rings. The Kier molecular flexibility index (Phi) is 2.19. The summed E-state index contributed by atoms with van der Waals surface area (Å²) in [6.45, 7) is 0. The number of nitrogens with one attached hydrogen (secondary N) is 1. The van der Waals surface area contributed by atoms with Crippen molar-refractivity contribution in [3.63, 3.8) is 0 Å². The molecule has 2 heterocycles. The molecular weight excluding hydrogens is 230 g/mol. The predicted octanol–water partition coefficient (Wildman–Crippen LogP) is 2.27. The molecule has 0 atom stereocenters. The largest absolute Gasteiger partial charge is 0.477 e. The van der Waals surface area contributed by atoms with E-state index in [0.29, 0.717) is 5.69 Å². The van der Waals surface area contributed by atoms with Crippen LogP contribution in [0.5, 0.6) is 0 Å². The Morgan fingerprint density at radius 1 is 1.39 bits per heavy atom. The molecule has 5 nitrogen and oxygen atoms in total. The SMILES string of the molecule is Cn1cnc(-c2c[nH]c3ccccc23)c1C(=O)O. The summed E-state index contributed by atoms with van der Waals surface area (Å²) < 4.78 is 1.51. The number of imidazole rings is 1. The molecule has 0 bridgehead atoms. The molecule has 0 amide bonds. The Morgan fingerprint density at radius 3 is 2.94 bits per heavy atom. The maximum absolute atomic E-state index is 11.3. The van der Waals surface area contributed by atoms with Gasteiger partial charge in [0.1, 0.15) is 5.69 Å². The topological polar surface area (TPSA) is 70.9 Å². The third-order valence-electron chi connectivity index (χ3n) is 2.98. The second-order valence-corrected chi connectivity index (χ2v) is 4.11. The highest BCUT2D eigenvalue weighted by Gasteiger charge is 2.19. The van der Waals surface area contributed by atoms with E-state index in [1.54, 1.807) is 13.2 Å². The van der Waals surface area contributed by atoms with Gasteiger partial charge in [-0.1, -0.05) is 18.2 Å². The first-order chi connectivity index (χ1) is 8.68. The van der Waals surface area contributed by atoms with Crippen LogP contribution in [0.2, 0.25) is 0 Å². The number of aromatic nitrogens is 3. The van der Waals surface area contributed by atoms with E-state index in [0.717, 1.165) is 16.5 Å². The van der Waals surface area contributed by atoms with Gasteiger partial charge in [0, 0.05) is 29.7 Å². The van der Waals surface area contributed by atoms with E-state index in [-0.39, 0.29) is 5.69 Å². The van der Waals surface area contributed by atoms with Gasteiger partial charge in [0.25, 0.3) is 0 Å². The van der Waals surface area contributed by atoms with E-state index in [4.69, 9.17) is 0 Å². The van der Waals surface area contributed by atoms with Crippen molar-refractivity contribution >= 4 is 16.9 Å². The highest BCUT2D eigenvalue weighted by atomic mass is 16.4. The summed E-state index contributed by atoms with van der Waals surface area (Å²) >= 11 is 0. The van der Waals surface area contributed by atoms with E-state index in [1.165, 1.54) is 10.9 Å². The fourth-order valence-electron chi connectivity index (χ4n) is 2.15. The number of carboxylic acids is 1. The minimum absolute atomic E-state index is 0.194. The lowest BCUT2D eigenvalue weighted by molar-refractivity contribution is 0.0687. The number of benzene rings is 1. The highest BCUT2D eigenvalue weighted by Crippen LogP contribution is 2.29. The molecule has 0 unspecified atom stereocenters. The van der Waals surface area contributed by atoms with Gasteiger partial charge in [-0.05, 0) is 6.07 Å². The van der Waals surface area contributed by atoms with Crippen LogP contribution in [0.15, 0.2) is 36.8 Å². The van der Waals surface area contributed by atoms with Crippen molar-refractivity contribution in [3.8, 4) is 11.3 Å². The molecule has 0 fully saturated rings. The number of aryl methyl sites for hydroxylation is 1. The molecule has 3 aromatic rings. The van der Waals surface area contributed by atoms with Crippen molar-refractivity contribution < 1.29 is 9.90 Å². The number of para-hydroxylation sites is 1. The number of nitrogens with zero attached hydrogens (tertiary/aromatic N) is 2. The normalized spacial score (nSPS) is 10.9. The number of H-pyrrole nitrogens is 1. The molecule has 18 heavy (non-hydrogen) atoms. The first-order valence-electron chi connectivity index (χ1n) is 5.49. The molecule has 0 spiro atoms. The molecule has 5 heteroatoms. The highest BCUT2D eigenvalue weighted by molar-refractivity contribution is 6.01. The fraction of sp³-hybridized carbons (Fsp3) is 0.0769. The van der Waals surface area contributed by atoms with Crippen LogP contribution in [-0.2, 0) is 7.05 Å². The summed E-state index contributed by atoms with van der Waals surface area (Å²) in [7, 11) is 1.68. The van der Waals surface area contributed by atoms with Gasteiger partial charge in [-0.2, -0.15) is 0 Å². The molecule has 90 valence electrons. The molecule has 2 aromatic heterocycles. The van der Waals surface area contributed by atoms with Crippen molar-refractivity contribution in [2.45, 2.75) is 0 Å². The van der Waals surface area contributed by atoms with Crippen LogP contribution in [0.3, 0.4) is 0 Å². The van der Waals surface area contributed by atoms with Gasteiger partial charge in [-0.25, -0.2) is 9.78 Å². The first kappa shape index (κ1) is 10.6. The number of rotatable bonds is 2. The summed E-state index contributed by atoms with van der Waals surface area (Å²) in [5, 5.41) is 10.2. The fourth-order valence-corrected chi connectivity index (χ4v) is 2.15. The van der Waals surface area contributed by atoms with E-state index in [1.807, 2.05) is 24.3 Å². The molecular formula is C13H11N3O2. The lowest BCUT2D eigenvalue weighted by Gasteiger charge is -1.99. The summed E-state index contributed by atoms with van der Waals surface area (Å²) in [5.41, 5.74) is 2.46. The van der Waals surface area contributed by atoms with Gasteiger partial charge in [0.05, 0.1) is 6.33 Å². The van der Waals surface area contributed by atoms with E-state index in [2.05, 4.69) is 9.97 Å². The molecule has 1 aromatic carbocycles. The Hall–Kier alpha value is -2.56. The van der Waals surface area contributed by atoms with Crippen LogP contribution in [0.4, 0.5) is 0 Å². The van der Waals surface area contributed by atoms with Gasteiger partial charge in [-0.15, -0.1) is 0 Å². The van der Waals surface area contributed by atoms with Crippen molar-refractivity contribution in [1.29, 1.82) is 0 Å². The van der Waals surface area contributed by atoms with Crippen molar-refractivity contribution in [3.05, 3.63) is 42.5 Å². The molecule has 0 saturated heterocycles. The predicted molar refractivity (Wildman–Crippen MR) is 67.5 cm³/mol. The van der Waals surface area contributed by atoms with Gasteiger partial charge in [0.2, 0.25) is 0 Å². The molecule has 2 N–H and O–H groups in total. The smallest absolute Gasteiger partial charge is 0.354 e. The Balaban J connectivity index is 2.30. The van der Waals surface area contributed by atoms with Gasteiger partial charge in [0.15, 0.2) is 5.69 Å². The second-order valence-electron chi connectivity index (χ2n) is 4.11. The van der Waals surface area contributed by atoms with Gasteiger partial charge < -0.3 is 14.7 Å². The van der Waals surface area contributed by atoms with Crippen LogP contribution in [0.1, 0.15) is 10.5 Å². The number of aromatic carboxylic acids is 1. The first-order valence-corrected chi connectivity index (χ1v) is 5.49. The zero-order chi connectivity index (χ0) is 12.7. The zero-order valence-electron chi connectivity index (χ0n) is 9.71. The van der Waals surface area contributed by atoms with Crippen LogP contribution >= 0.6 is 0 Å². The third-order valence-corrected chi connectivity index (χ3v) is 2.98. The standard InChI is InChI=1S/C13H11N3O2/c1-16-7-15-11(12(16)13(17)18)9-6-14-10-5-3-2-4-8(9)10/h2-7,14H,1H3,(H,17,18). The summed E-state index contributed by atoms with van der Waals surface area (Å²) in [6.07, 6.45) is 3.31. The lowest BCUT2D eigenvalue weighted by atomic mass is 10.1. The molecule has 0 aliphatic carbocycles. The van der Waals surface area contributed by atoms with E-state index < -0.39 is 5.97 Å². The lowest BCUT2D eigenvalue weighted by Crippen LogP contribution is -2.05. The Labute approximate surface area is 103 Å². The van der Waals surface area contributed by atoms with Crippen molar-refractivity contribution in [1.82, 2.24) is 14.5 Å². The quantitative estimate of drug-likeness (QED) is 0.723. The van der Waals surface area contributed by atoms with E-state index in [9.17, 15) is 9.90 Å². The summed E-state index contributed by atoms with van der Waals surface area (Å²) in [5.74, 6) is -0.977. The molecule has 0 saturated carbocycles. The number of carbonyl (C=O) groups is 1. The van der Waals surface area contributed by atoms with Crippen molar-refractivity contribution in [2.75, 3.05) is 0 Å². The molecule has 3 rings (SSSR count). The number of hydrogen-bond acceptors (Lipinski definition) is 2. The van der Waals surface area contributed by atoms with E-state index >= 15 is 0 Å². The second kappa shape index (κ2) is 3.73. The van der Waals surface area contributed by atoms with Gasteiger partial charge in [-0.3, -0.25) is 0 Å². The van der Waals surface area contributed by atoms with Crippen LogP contribution in [0.25, 0.3) is 22.2 Å².